The summed E-state index contributed by atoms with van der Waals surface area (Å²) in [5.41, 5.74) is 3.72. The van der Waals surface area contributed by atoms with Gasteiger partial charge in [0.2, 0.25) is 0 Å². The van der Waals surface area contributed by atoms with E-state index >= 15 is 0 Å². The maximum atomic E-state index is 3.81. The fourth-order valence-corrected chi connectivity index (χ4v) is 6.09. The maximum Gasteiger partial charge on any atom is 0.0124 e. The highest BCUT2D eigenvalue weighted by Gasteiger charge is 2.55. The van der Waals surface area contributed by atoms with Crippen molar-refractivity contribution in [3.8, 4) is 0 Å². The van der Waals surface area contributed by atoms with Gasteiger partial charge in [-0.3, -0.25) is 0 Å². The lowest BCUT2D eigenvalue weighted by Crippen LogP contribution is -2.59. The summed E-state index contributed by atoms with van der Waals surface area (Å²) in [7, 11) is 0. The zero-order valence-corrected chi connectivity index (χ0v) is 12.9. The van der Waals surface area contributed by atoms with Crippen LogP contribution in [0.5, 0.6) is 0 Å². The van der Waals surface area contributed by atoms with E-state index in [1.165, 1.54) is 37.7 Å². The van der Waals surface area contributed by atoms with E-state index in [9.17, 15) is 0 Å². The summed E-state index contributed by atoms with van der Waals surface area (Å²) in [6, 6.07) is 10.00. The number of rotatable bonds is 3. The number of aryl methyl sites for hydroxylation is 1. The van der Waals surface area contributed by atoms with Crippen LogP contribution in [0.2, 0.25) is 0 Å². The van der Waals surface area contributed by atoms with Gasteiger partial charge >= 0.3 is 0 Å². The van der Waals surface area contributed by atoms with E-state index < -0.39 is 0 Å². The molecule has 20 heavy (non-hydrogen) atoms. The third kappa shape index (κ3) is 1.79. The fraction of sp³-hybridized carbons (Fsp3) is 0.684. The minimum absolute atomic E-state index is 0.522. The second-order valence-corrected chi connectivity index (χ2v) is 7.65. The first-order valence-electron chi connectivity index (χ1n) is 8.51. The van der Waals surface area contributed by atoms with Crippen LogP contribution in [-0.4, -0.2) is 12.6 Å². The minimum Gasteiger partial charge on any atom is -0.314 e. The Balaban J connectivity index is 1.70. The van der Waals surface area contributed by atoms with Gasteiger partial charge in [0.1, 0.15) is 0 Å². The summed E-state index contributed by atoms with van der Waals surface area (Å²) >= 11 is 0. The molecular formula is C19H27N. The second-order valence-electron chi connectivity index (χ2n) is 7.65. The number of nitrogens with one attached hydrogen (secondary N) is 1. The van der Waals surface area contributed by atoms with Crippen LogP contribution in [0.4, 0.5) is 0 Å². The van der Waals surface area contributed by atoms with Gasteiger partial charge in [0.15, 0.2) is 0 Å². The summed E-state index contributed by atoms with van der Waals surface area (Å²) in [5, 5.41) is 3.81. The molecule has 0 spiro atoms. The van der Waals surface area contributed by atoms with Crippen LogP contribution < -0.4 is 5.32 Å². The molecule has 2 atom stereocenters. The maximum absolute atomic E-state index is 3.81. The van der Waals surface area contributed by atoms with Crippen molar-refractivity contribution in [3.63, 3.8) is 0 Å². The van der Waals surface area contributed by atoms with Gasteiger partial charge in [0.05, 0.1) is 0 Å². The smallest absolute Gasteiger partial charge is 0.0124 e. The third-order valence-corrected chi connectivity index (χ3v) is 6.43. The Morgan fingerprint density at radius 2 is 1.80 bits per heavy atom. The molecule has 1 heteroatoms. The molecule has 1 aromatic carbocycles. The van der Waals surface area contributed by atoms with Gasteiger partial charge in [-0.05, 0) is 79.9 Å². The highest BCUT2D eigenvalue weighted by atomic mass is 14.9. The van der Waals surface area contributed by atoms with Crippen molar-refractivity contribution >= 4 is 0 Å². The van der Waals surface area contributed by atoms with Crippen molar-refractivity contribution in [2.24, 2.45) is 17.8 Å². The third-order valence-electron chi connectivity index (χ3n) is 6.43. The molecule has 0 aromatic heterocycles. The first kappa shape index (κ1) is 12.9. The molecule has 0 radical (unpaired) electrons. The normalized spacial score (nSPS) is 42.1. The van der Waals surface area contributed by atoms with Crippen LogP contribution in [0.15, 0.2) is 24.3 Å². The topological polar surface area (TPSA) is 12.0 Å². The van der Waals surface area contributed by atoms with Gasteiger partial charge in [-0.15, -0.1) is 0 Å². The Bertz CT molecular complexity index is 490. The van der Waals surface area contributed by atoms with Crippen LogP contribution in [0.1, 0.15) is 50.2 Å². The highest BCUT2D eigenvalue weighted by molar-refractivity contribution is 5.36. The predicted octanol–water partition coefficient (Wildman–Crippen LogP) is 4.05. The lowest BCUT2D eigenvalue weighted by atomic mass is 9.46. The van der Waals surface area contributed by atoms with Gasteiger partial charge in [0.25, 0.3) is 0 Å². The molecule has 108 valence electrons. The molecule has 0 amide bonds. The summed E-state index contributed by atoms with van der Waals surface area (Å²) in [4.78, 5) is 0. The molecule has 1 aromatic rings. The summed E-state index contributed by atoms with van der Waals surface area (Å²) < 4.78 is 0. The monoisotopic (exact) mass is 269 g/mol. The first-order chi connectivity index (χ1) is 9.72. The first-order valence-corrected chi connectivity index (χ1v) is 8.51. The summed E-state index contributed by atoms with van der Waals surface area (Å²) in [6.45, 7) is 5.72. The van der Waals surface area contributed by atoms with Crippen LogP contribution in [0.25, 0.3) is 0 Å². The van der Waals surface area contributed by atoms with E-state index in [0.29, 0.717) is 5.41 Å². The molecule has 4 aliphatic rings. The van der Waals surface area contributed by atoms with Crippen molar-refractivity contribution in [2.45, 2.75) is 57.4 Å². The fourth-order valence-electron chi connectivity index (χ4n) is 6.09. The second kappa shape index (κ2) is 4.59. The Kier molecular flexibility index (Phi) is 2.96. The number of benzene rings is 1. The number of hydrogen-bond acceptors (Lipinski definition) is 1. The van der Waals surface area contributed by atoms with E-state index in [0.717, 1.165) is 30.3 Å². The van der Waals surface area contributed by atoms with Crippen LogP contribution in [0.3, 0.4) is 0 Å². The van der Waals surface area contributed by atoms with E-state index in [-0.39, 0.29) is 0 Å². The van der Waals surface area contributed by atoms with Gasteiger partial charge in [-0.1, -0.05) is 31.2 Å². The van der Waals surface area contributed by atoms with Crippen LogP contribution >= 0.6 is 0 Å². The molecular weight excluding hydrogens is 242 g/mol. The average Bonchev–Trinajstić information content (AvgIpc) is 2.42. The van der Waals surface area contributed by atoms with Crippen molar-refractivity contribution < 1.29 is 0 Å². The van der Waals surface area contributed by atoms with Crippen LogP contribution in [0, 0.1) is 24.7 Å². The van der Waals surface area contributed by atoms with Crippen molar-refractivity contribution in [3.05, 3.63) is 35.4 Å². The molecule has 1 N–H and O–H groups in total. The molecule has 4 saturated carbocycles. The Labute approximate surface area is 123 Å². The molecule has 1 nitrogen and oxygen atoms in total. The van der Waals surface area contributed by atoms with Gasteiger partial charge in [-0.25, -0.2) is 0 Å². The molecule has 4 fully saturated rings. The van der Waals surface area contributed by atoms with E-state index in [1.54, 1.807) is 5.56 Å². The van der Waals surface area contributed by atoms with Crippen molar-refractivity contribution in [1.29, 1.82) is 0 Å². The van der Waals surface area contributed by atoms with Gasteiger partial charge < -0.3 is 5.32 Å². The molecule has 0 aliphatic heterocycles. The average molecular weight is 269 g/mol. The molecule has 5 rings (SSSR count). The zero-order valence-electron chi connectivity index (χ0n) is 12.9. The Morgan fingerprint density at radius 3 is 2.45 bits per heavy atom. The standard InChI is InChI=1S/C19H27N/c1-3-20-18-15-8-14-9-16(18)12-19(10-14,11-15)17-7-5-4-6-13(17)2/h4-7,14-16,18,20H,3,8-12H2,1-2H3. The van der Waals surface area contributed by atoms with E-state index in [2.05, 4.69) is 43.4 Å². The number of hydrogen-bond donors (Lipinski definition) is 1. The summed E-state index contributed by atoms with van der Waals surface area (Å²) in [6.07, 6.45) is 7.30. The van der Waals surface area contributed by atoms with Crippen molar-refractivity contribution in [1.82, 2.24) is 5.32 Å². The van der Waals surface area contributed by atoms with Crippen molar-refractivity contribution in [2.75, 3.05) is 6.54 Å². The largest absolute Gasteiger partial charge is 0.314 e. The minimum atomic E-state index is 0.522. The van der Waals surface area contributed by atoms with E-state index in [1.807, 2.05) is 0 Å². The quantitative estimate of drug-likeness (QED) is 0.873. The Hall–Kier alpha value is -0.820. The molecule has 0 saturated heterocycles. The highest BCUT2D eigenvalue weighted by Crippen LogP contribution is 2.61. The molecule has 2 unspecified atom stereocenters. The Morgan fingerprint density at radius 1 is 1.10 bits per heavy atom. The molecule has 4 aliphatic carbocycles. The summed E-state index contributed by atoms with van der Waals surface area (Å²) in [5.74, 6) is 2.86. The van der Waals surface area contributed by atoms with Gasteiger partial charge in [-0.2, -0.15) is 0 Å². The zero-order chi connectivity index (χ0) is 13.7. The van der Waals surface area contributed by atoms with Gasteiger partial charge in [0, 0.05) is 6.04 Å². The molecule has 0 heterocycles. The van der Waals surface area contributed by atoms with Crippen LogP contribution in [-0.2, 0) is 5.41 Å². The SMILES string of the molecule is CCNC1C2CC3CC1CC(c1ccccc1C)(C3)C2. The molecule has 4 bridgehead atoms. The predicted molar refractivity (Wildman–Crippen MR) is 83.9 cm³/mol. The lowest BCUT2D eigenvalue weighted by molar-refractivity contribution is -0.0346. The van der Waals surface area contributed by atoms with E-state index in [4.69, 9.17) is 0 Å². The lowest BCUT2D eigenvalue weighted by Gasteiger charge is -2.61.